The Morgan fingerprint density at radius 2 is 1.83 bits per heavy atom. The van der Waals surface area contributed by atoms with Crippen molar-refractivity contribution in [3.8, 4) is 11.3 Å². The summed E-state index contributed by atoms with van der Waals surface area (Å²) < 4.78 is 11.8. The van der Waals surface area contributed by atoms with Crippen molar-refractivity contribution < 1.29 is 13.9 Å². The van der Waals surface area contributed by atoms with Gasteiger partial charge in [-0.3, -0.25) is 0 Å². The van der Waals surface area contributed by atoms with E-state index in [1.54, 1.807) is 36.4 Å². The molecule has 122 valence electrons. The van der Waals surface area contributed by atoms with Crippen molar-refractivity contribution >= 4 is 51.8 Å². The highest BCUT2D eigenvalue weighted by molar-refractivity contribution is 14.1. The predicted octanol–water partition coefficient (Wildman–Crippen LogP) is 6.22. The topological polar surface area (TPSA) is 39.4 Å². The third-order valence-corrected chi connectivity index (χ3v) is 5.08. The van der Waals surface area contributed by atoms with Gasteiger partial charge >= 0.3 is 5.97 Å². The van der Waals surface area contributed by atoms with Crippen LogP contribution in [0.4, 0.5) is 0 Å². The zero-order valence-electron chi connectivity index (χ0n) is 12.3. The van der Waals surface area contributed by atoms with Crippen LogP contribution < -0.4 is 0 Å². The zero-order chi connectivity index (χ0) is 17.1. The van der Waals surface area contributed by atoms with E-state index in [9.17, 15) is 4.79 Å². The van der Waals surface area contributed by atoms with Crippen LogP contribution in [0.2, 0.25) is 10.0 Å². The van der Waals surface area contributed by atoms with Crippen LogP contribution in [0.15, 0.2) is 59.0 Å². The first-order valence-corrected chi connectivity index (χ1v) is 8.84. The number of rotatable bonds is 4. The molecule has 0 N–H and O–H groups in total. The number of hydrogen-bond donors (Lipinski definition) is 0. The molecule has 0 atom stereocenters. The highest BCUT2D eigenvalue weighted by Crippen LogP contribution is 2.34. The van der Waals surface area contributed by atoms with Gasteiger partial charge in [-0.15, -0.1) is 0 Å². The molecular formula is C18H11Cl2IO3. The third kappa shape index (κ3) is 3.77. The summed E-state index contributed by atoms with van der Waals surface area (Å²) in [5.74, 6) is 0.710. The molecule has 2 aromatic carbocycles. The van der Waals surface area contributed by atoms with Crippen LogP contribution in [0.5, 0.6) is 0 Å². The highest BCUT2D eigenvalue weighted by atomic mass is 127. The minimum atomic E-state index is -0.390. The number of halogens is 3. The summed E-state index contributed by atoms with van der Waals surface area (Å²) in [5, 5.41) is 0.882. The first-order valence-electron chi connectivity index (χ1n) is 7.01. The average Bonchev–Trinajstić information content (AvgIpc) is 3.04. The Balaban J connectivity index is 1.72. The predicted molar refractivity (Wildman–Crippen MR) is 102 cm³/mol. The van der Waals surface area contributed by atoms with E-state index in [0.717, 1.165) is 3.57 Å². The quantitative estimate of drug-likeness (QED) is 0.334. The molecule has 0 radical (unpaired) electrons. The van der Waals surface area contributed by atoms with Crippen LogP contribution in [-0.2, 0) is 11.3 Å². The van der Waals surface area contributed by atoms with Crippen LogP contribution in [-0.4, -0.2) is 5.97 Å². The molecule has 6 heteroatoms. The van der Waals surface area contributed by atoms with Crippen molar-refractivity contribution in [1.82, 2.24) is 0 Å². The van der Waals surface area contributed by atoms with Crippen molar-refractivity contribution in [3.05, 3.63) is 79.5 Å². The highest BCUT2D eigenvalue weighted by Gasteiger charge is 2.14. The van der Waals surface area contributed by atoms with Gasteiger partial charge < -0.3 is 9.15 Å². The van der Waals surface area contributed by atoms with Crippen molar-refractivity contribution in [2.45, 2.75) is 6.61 Å². The van der Waals surface area contributed by atoms with Gasteiger partial charge in [0.05, 0.1) is 15.6 Å². The van der Waals surface area contributed by atoms with Crippen LogP contribution in [0.1, 0.15) is 16.1 Å². The molecule has 1 heterocycles. The van der Waals surface area contributed by atoms with E-state index in [4.69, 9.17) is 32.4 Å². The van der Waals surface area contributed by atoms with E-state index in [1.807, 2.05) is 18.2 Å². The minimum Gasteiger partial charge on any atom is -0.457 e. The fourth-order valence-corrected chi connectivity index (χ4v) is 3.14. The maximum atomic E-state index is 12.1. The normalized spacial score (nSPS) is 10.6. The number of carbonyl (C=O) groups excluding carboxylic acids is 1. The summed E-state index contributed by atoms with van der Waals surface area (Å²) in [6, 6.07) is 16.1. The lowest BCUT2D eigenvalue weighted by Gasteiger charge is -2.05. The minimum absolute atomic E-state index is 0.0436. The van der Waals surface area contributed by atoms with Gasteiger partial charge in [-0.2, -0.15) is 0 Å². The molecule has 0 bridgehead atoms. The fraction of sp³-hybridized carbons (Fsp3) is 0.0556. The van der Waals surface area contributed by atoms with Gasteiger partial charge in [0, 0.05) is 9.13 Å². The van der Waals surface area contributed by atoms with Crippen molar-refractivity contribution in [1.29, 1.82) is 0 Å². The summed E-state index contributed by atoms with van der Waals surface area (Å²) in [5.41, 5.74) is 1.22. The fourth-order valence-electron chi connectivity index (χ4n) is 2.14. The molecule has 0 fully saturated rings. The van der Waals surface area contributed by atoms with Gasteiger partial charge in [0.15, 0.2) is 0 Å². The number of ether oxygens (including phenoxy) is 1. The molecule has 24 heavy (non-hydrogen) atoms. The second kappa shape index (κ2) is 7.59. The van der Waals surface area contributed by atoms with Crippen LogP contribution in [0.25, 0.3) is 11.3 Å². The molecule has 0 aliphatic rings. The van der Waals surface area contributed by atoms with Crippen LogP contribution in [0, 0.1) is 3.57 Å². The SMILES string of the molecule is O=C(OCc1ccc(-c2cccc(Cl)c2Cl)o1)c1ccccc1I. The molecule has 0 saturated heterocycles. The van der Waals surface area contributed by atoms with Crippen LogP contribution >= 0.6 is 45.8 Å². The summed E-state index contributed by atoms with van der Waals surface area (Å²) in [4.78, 5) is 12.1. The molecule has 3 aromatic rings. The van der Waals surface area contributed by atoms with E-state index >= 15 is 0 Å². The first kappa shape index (κ1) is 17.3. The Bertz CT molecular complexity index is 889. The van der Waals surface area contributed by atoms with E-state index in [-0.39, 0.29) is 6.61 Å². The molecule has 1 aromatic heterocycles. The number of furan rings is 1. The Hall–Kier alpha value is -1.50. The maximum Gasteiger partial charge on any atom is 0.339 e. The third-order valence-electron chi connectivity index (χ3n) is 3.32. The molecule has 0 unspecified atom stereocenters. The number of esters is 1. The smallest absolute Gasteiger partial charge is 0.339 e. The molecule has 0 saturated carbocycles. The lowest BCUT2D eigenvalue weighted by atomic mass is 10.2. The number of carbonyl (C=O) groups is 1. The van der Waals surface area contributed by atoms with Gasteiger partial charge in [0.1, 0.15) is 18.1 Å². The van der Waals surface area contributed by atoms with Gasteiger partial charge in [-0.1, -0.05) is 41.4 Å². The molecular weight excluding hydrogens is 462 g/mol. The van der Waals surface area contributed by atoms with E-state index in [2.05, 4.69) is 22.6 Å². The maximum absolute atomic E-state index is 12.1. The molecule has 0 aliphatic heterocycles. The lowest BCUT2D eigenvalue weighted by Crippen LogP contribution is -2.06. The Kier molecular flexibility index (Phi) is 5.48. The second-order valence-corrected chi connectivity index (χ2v) is 6.87. The molecule has 3 rings (SSSR count). The van der Waals surface area contributed by atoms with Gasteiger partial charge in [0.2, 0.25) is 0 Å². The van der Waals surface area contributed by atoms with Crippen molar-refractivity contribution in [2.75, 3.05) is 0 Å². The monoisotopic (exact) mass is 472 g/mol. The van der Waals surface area contributed by atoms with Crippen molar-refractivity contribution in [3.63, 3.8) is 0 Å². The standard InChI is InChI=1S/C18H11Cl2IO3/c19-14-6-3-5-13(17(14)20)16-9-8-11(24-16)10-23-18(22)12-4-1-2-7-15(12)21/h1-9H,10H2. The average molecular weight is 473 g/mol. The zero-order valence-corrected chi connectivity index (χ0v) is 15.9. The van der Waals surface area contributed by atoms with Gasteiger partial charge in [-0.05, 0) is 59.0 Å². The van der Waals surface area contributed by atoms with Gasteiger partial charge in [0.25, 0.3) is 0 Å². The van der Waals surface area contributed by atoms with E-state index < -0.39 is 5.97 Å². The summed E-state index contributed by atoms with van der Waals surface area (Å²) >= 11 is 14.3. The summed E-state index contributed by atoms with van der Waals surface area (Å²) in [7, 11) is 0. The second-order valence-electron chi connectivity index (χ2n) is 4.92. The Morgan fingerprint density at radius 3 is 2.62 bits per heavy atom. The Morgan fingerprint density at radius 1 is 1.04 bits per heavy atom. The number of hydrogen-bond acceptors (Lipinski definition) is 3. The Labute approximate surface area is 162 Å². The molecule has 0 amide bonds. The van der Waals surface area contributed by atoms with E-state index in [1.165, 1.54) is 0 Å². The first-order chi connectivity index (χ1) is 11.6. The molecule has 0 aliphatic carbocycles. The van der Waals surface area contributed by atoms with Crippen molar-refractivity contribution in [2.24, 2.45) is 0 Å². The number of benzene rings is 2. The van der Waals surface area contributed by atoms with Gasteiger partial charge in [-0.25, -0.2) is 4.79 Å². The molecule has 3 nitrogen and oxygen atoms in total. The van der Waals surface area contributed by atoms with E-state index in [0.29, 0.717) is 32.7 Å². The summed E-state index contributed by atoms with van der Waals surface area (Å²) in [6.45, 7) is 0.0436. The largest absolute Gasteiger partial charge is 0.457 e. The van der Waals surface area contributed by atoms with Crippen LogP contribution in [0.3, 0.4) is 0 Å². The summed E-state index contributed by atoms with van der Waals surface area (Å²) in [6.07, 6.45) is 0. The molecule has 0 spiro atoms. The lowest BCUT2D eigenvalue weighted by molar-refractivity contribution is 0.0445.